The number of hydrogen-bond donors (Lipinski definition) is 1. The van der Waals surface area contributed by atoms with Gasteiger partial charge in [0.1, 0.15) is 6.61 Å². The smallest absolute Gasteiger partial charge is 0.232 e. The van der Waals surface area contributed by atoms with Crippen molar-refractivity contribution < 1.29 is 4.74 Å². The third-order valence-electron chi connectivity index (χ3n) is 2.69. The molecule has 1 aromatic carbocycles. The second-order valence-corrected chi connectivity index (χ2v) is 5.36. The van der Waals surface area contributed by atoms with Gasteiger partial charge in [-0.15, -0.1) is 0 Å². The van der Waals surface area contributed by atoms with E-state index < -0.39 is 0 Å². The first-order chi connectivity index (χ1) is 9.78. The van der Waals surface area contributed by atoms with Crippen molar-refractivity contribution in [3.8, 4) is 5.88 Å². The first kappa shape index (κ1) is 14.9. The standard InChI is InChI=1S/C15H18BrN3O/c1-2-6-17-8-14-9-19-15(10-18-14)20-11-12-4-3-5-13(16)7-12/h3-5,7,9-10,17H,2,6,8,11H2,1H3. The number of aromatic nitrogens is 2. The minimum atomic E-state index is 0.488. The van der Waals surface area contributed by atoms with Crippen LogP contribution in [0.25, 0.3) is 0 Å². The van der Waals surface area contributed by atoms with Crippen molar-refractivity contribution in [1.82, 2.24) is 15.3 Å². The average molecular weight is 336 g/mol. The molecule has 0 aliphatic carbocycles. The van der Waals surface area contributed by atoms with Crippen molar-refractivity contribution in [2.24, 2.45) is 0 Å². The molecule has 1 N–H and O–H groups in total. The van der Waals surface area contributed by atoms with E-state index >= 15 is 0 Å². The Morgan fingerprint density at radius 3 is 2.85 bits per heavy atom. The molecule has 2 aromatic rings. The van der Waals surface area contributed by atoms with Crippen molar-refractivity contribution in [3.05, 3.63) is 52.4 Å². The van der Waals surface area contributed by atoms with Gasteiger partial charge in [0.05, 0.1) is 18.1 Å². The summed E-state index contributed by atoms with van der Waals surface area (Å²) >= 11 is 3.44. The Kier molecular flexibility index (Phi) is 5.95. The predicted molar refractivity (Wildman–Crippen MR) is 82.5 cm³/mol. The van der Waals surface area contributed by atoms with Gasteiger partial charge in [-0.25, -0.2) is 4.98 Å². The maximum atomic E-state index is 5.61. The third kappa shape index (κ3) is 4.90. The van der Waals surface area contributed by atoms with E-state index in [9.17, 15) is 0 Å². The second kappa shape index (κ2) is 7.97. The molecular formula is C15H18BrN3O. The van der Waals surface area contributed by atoms with Crippen LogP contribution in [0.3, 0.4) is 0 Å². The highest BCUT2D eigenvalue weighted by atomic mass is 79.9. The molecule has 106 valence electrons. The molecule has 20 heavy (non-hydrogen) atoms. The lowest BCUT2D eigenvalue weighted by atomic mass is 10.2. The van der Waals surface area contributed by atoms with Crippen LogP contribution in [0, 0.1) is 0 Å². The monoisotopic (exact) mass is 335 g/mol. The Morgan fingerprint density at radius 2 is 2.15 bits per heavy atom. The Hall–Kier alpha value is -1.46. The molecule has 0 aliphatic rings. The molecule has 5 heteroatoms. The summed E-state index contributed by atoms with van der Waals surface area (Å²) in [6.45, 7) is 4.36. The van der Waals surface area contributed by atoms with E-state index in [2.05, 4.69) is 38.1 Å². The Labute approximate surface area is 127 Å². The van der Waals surface area contributed by atoms with Crippen LogP contribution in [0.5, 0.6) is 5.88 Å². The number of benzene rings is 1. The number of nitrogens with zero attached hydrogens (tertiary/aromatic N) is 2. The van der Waals surface area contributed by atoms with Gasteiger partial charge in [0.25, 0.3) is 0 Å². The summed E-state index contributed by atoms with van der Waals surface area (Å²) in [5.74, 6) is 0.546. The molecule has 1 aromatic heterocycles. The van der Waals surface area contributed by atoms with Crippen molar-refractivity contribution in [2.75, 3.05) is 6.54 Å². The van der Waals surface area contributed by atoms with Crippen LogP contribution in [0.2, 0.25) is 0 Å². The Bertz CT molecular complexity index is 531. The van der Waals surface area contributed by atoms with Gasteiger partial charge in [0.2, 0.25) is 5.88 Å². The van der Waals surface area contributed by atoms with Crippen LogP contribution in [-0.2, 0) is 13.2 Å². The highest BCUT2D eigenvalue weighted by molar-refractivity contribution is 9.10. The maximum absolute atomic E-state index is 5.61. The first-order valence-electron chi connectivity index (χ1n) is 6.67. The minimum Gasteiger partial charge on any atom is -0.472 e. The van der Waals surface area contributed by atoms with E-state index in [0.717, 1.165) is 35.2 Å². The lowest BCUT2D eigenvalue weighted by molar-refractivity contribution is 0.292. The average Bonchev–Trinajstić information content (AvgIpc) is 2.47. The van der Waals surface area contributed by atoms with Crippen molar-refractivity contribution in [1.29, 1.82) is 0 Å². The summed E-state index contributed by atoms with van der Waals surface area (Å²) in [5, 5.41) is 3.29. The van der Waals surface area contributed by atoms with Gasteiger partial charge in [-0.2, -0.15) is 0 Å². The summed E-state index contributed by atoms with van der Waals surface area (Å²) < 4.78 is 6.66. The SMILES string of the molecule is CCCNCc1cnc(OCc2cccc(Br)c2)cn1. The fourth-order valence-corrected chi connectivity index (χ4v) is 2.13. The molecule has 0 aliphatic heterocycles. The zero-order valence-electron chi connectivity index (χ0n) is 11.5. The van der Waals surface area contributed by atoms with Crippen LogP contribution in [0.4, 0.5) is 0 Å². The molecule has 0 spiro atoms. The number of nitrogens with one attached hydrogen (secondary N) is 1. The zero-order valence-corrected chi connectivity index (χ0v) is 13.1. The quantitative estimate of drug-likeness (QED) is 0.788. The Balaban J connectivity index is 1.84. The van der Waals surface area contributed by atoms with Crippen LogP contribution in [-0.4, -0.2) is 16.5 Å². The third-order valence-corrected chi connectivity index (χ3v) is 3.18. The largest absolute Gasteiger partial charge is 0.472 e. The summed E-state index contributed by atoms with van der Waals surface area (Å²) in [6.07, 6.45) is 4.53. The highest BCUT2D eigenvalue weighted by Crippen LogP contribution is 2.13. The Morgan fingerprint density at radius 1 is 1.25 bits per heavy atom. The van der Waals surface area contributed by atoms with E-state index in [1.165, 1.54) is 0 Å². The van der Waals surface area contributed by atoms with Gasteiger partial charge in [0, 0.05) is 11.0 Å². The van der Waals surface area contributed by atoms with Gasteiger partial charge in [0.15, 0.2) is 0 Å². The topological polar surface area (TPSA) is 47.0 Å². The fraction of sp³-hybridized carbons (Fsp3) is 0.333. The summed E-state index contributed by atoms with van der Waals surface area (Å²) in [7, 11) is 0. The van der Waals surface area contributed by atoms with Gasteiger partial charge in [-0.1, -0.05) is 35.0 Å². The van der Waals surface area contributed by atoms with Crippen LogP contribution < -0.4 is 10.1 Å². The summed E-state index contributed by atoms with van der Waals surface area (Å²) in [6, 6.07) is 8.01. The van der Waals surface area contributed by atoms with Crippen LogP contribution in [0.1, 0.15) is 24.6 Å². The van der Waals surface area contributed by atoms with E-state index in [0.29, 0.717) is 12.5 Å². The lowest BCUT2D eigenvalue weighted by Gasteiger charge is -2.06. The summed E-state index contributed by atoms with van der Waals surface area (Å²) in [4.78, 5) is 8.58. The summed E-state index contributed by atoms with van der Waals surface area (Å²) in [5.41, 5.74) is 2.02. The molecule has 1 heterocycles. The fourth-order valence-electron chi connectivity index (χ4n) is 1.69. The van der Waals surface area contributed by atoms with Crippen molar-refractivity contribution in [3.63, 3.8) is 0 Å². The number of rotatable bonds is 7. The van der Waals surface area contributed by atoms with E-state index in [1.54, 1.807) is 12.4 Å². The highest BCUT2D eigenvalue weighted by Gasteiger charge is 2.00. The van der Waals surface area contributed by atoms with Gasteiger partial charge >= 0.3 is 0 Å². The minimum absolute atomic E-state index is 0.488. The molecule has 0 atom stereocenters. The number of hydrogen-bond acceptors (Lipinski definition) is 4. The first-order valence-corrected chi connectivity index (χ1v) is 7.46. The van der Waals surface area contributed by atoms with Gasteiger partial charge < -0.3 is 10.1 Å². The van der Waals surface area contributed by atoms with Gasteiger partial charge in [-0.3, -0.25) is 4.98 Å². The molecule has 0 unspecified atom stereocenters. The van der Waals surface area contributed by atoms with Crippen molar-refractivity contribution >= 4 is 15.9 Å². The molecular weight excluding hydrogens is 318 g/mol. The molecule has 4 nitrogen and oxygen atoms in total. The molecule has 0 radical (unpaired) electrons. The van der Waals surface area contributed by atoms with E-state index in [-0.39, 0.29) is 0 Å². The second-order valence-electron chi connectivity index (χ2n) is 4.44. The molecule has 0 saturated carbocycles. The molecule has 0 fully saturated rings. The van der Waals surface area contributed by atoms with Crippen LogP contribution in [0.15, 0.2) is 41.1 Å². The maximum Gasteiger partial charge on any atom is 0.232 e. The lowest BCUT2D eigenvalue weighted by Crippen LogP contribution is -2.15. The number of halogens is 1. The molecule has 0 amide bonds. The number of ether oxygens (including phenoxy) is 1. The molecule has 2 rings (SSSR count). The molecule has 0 bridgehead atoms. The molecule has 0 saturated heterocycles. The normalized spacial score (nSPS) is 10.5. The van der Waals surface area contributed by atoms with E-state index in [1.807, 2.05) is 24.3 Å². The van der Waals surface area contributed by atoms with Crippen molar-refractivity contribution in [2.45, 2.75) is 26.5 Å². The van der Waals surface area contributed by atoms with E-state index in [4.69, 9.17) is 4.74 Å². The predicted octanol–water partition coefficient (Wildman–Crippen LogP) is 3.32. The van der Waals surface area contributed by atoms with Gasteiger partial charge in [-0.05, 0) is 30.7 Å². The zero-order chi connectivity index (χ0) is 14.2. The van der Waals surface area contributed by atoms with Crippen LogP contribution >= 0.6 is 15.9 Å².